The predicted octanol–water partition coefficient (Wildman–Crippen LogP) is 2.83. The van der Waals surface area contributed by atoms with Crippen LogP contribution in [0.5, 0.6) is 0 Å². The fourth-order valence-electron chi connectivity index (χ4n) is 1.43. The molecule has 1 aromatic heterocycles. The highest BCUT2D eigenvalue weighted by molar-refractivity contribution is 7.93. The Morgan fingerprint density at radius 1 is 1.35 bits per heavy atom. The zero-order chi connectivity index (χ0) is 12.5. The van der Waals surface area contributed by atoms with Crippen molar-refractivity contribution in [3.63, 3.8) is 0 Å². The Morgan fingerprint density at radius 2 is 2.12 bits per heavy atom. The number of sulfonamides is 1. The van der Waals surface area contributed by atoms with Crippen molar-refractivity contribution >= 4 is 49.8 Å². The first-order valence-corrected chi connectivity index (χ1v) is 7.19. The van der Waals surface area contributed by atoms with Gasteiger partial charge >= 0.3 is 0 Å². The van der Waals surface area contributed by atoms with E-state index in [1.807, 2.05) is 0 Å². The summed E-state index contributed by atoms with van der Waals surface area (Å²) in [6, 6.07) is 6.76. The molecule has 0 saturated heterocycles. The number of rotatable bonds is 3. The number of benzene rings is 1. The molecule has 0 atom stereocenters. The number of fused-ring (bicyclic) bond motifs is 1. The zero-order valence-electron chi connectivity index (χ0n) is 8.52. The van der Waals surface area contributed by atoms with Crippen LogP contribution in [0.25, 0.3) is 10.9 Å². The number of nitrogens with one attached hydrogen (secondary N) is 1. The Kier molecular flexibility index (Phi) is 3.42. The molecule has 0 aliphatic rings. The highest BCUT2D eigenvalue weighted by Crippen LogP contribution is 2.27. The Morgan fingerprint density at radius 3 is 2.82 bits per heavy atom. The first kappa shape index (κ1) is 12.4. The first-order valence-electron chi connectivity index (χ1n) is 4.62. The molecule has 1 heterocycles. The van der Waals surface area contributed by atoms with Crippen molar-refractivity contribution in [2.75, 3.05) is 9.93 Å². The van der Waals surface area contributed by atoms with E-state index in [2.05, 4.69) is 9.71 Å². The zero-order valence-corrected chi connectivity index (χ0v) is 10.9. The lowest BCUT2D eigenvalue weighted by atomic mass is 10.2. The van der Waals surface area contributed by atoms with Gasteiger partial charge in [0.25, 0.3) is 0 Å². The molecule has 0 aliphatic heterocycles. The maximum absolute atomic E-state index is 11.4. The van der Waals surface area contributed by atoms with Gasteiger partial charge in [0, 0.05) is 16.6 Å². The summed E-state index contributed by atoms with van der Waals surface area (Å²) >= 11 is 11.2. The van der Waals surface area contributed by atoms with Gasteiger partial charge in [-0.05, 0) is 18.2 Å². The molecule has 0 spiro atoms. The van der Waals surface area contributed by atoms with Gasteiger partial charge in [0.2, 0.25) is 10.0 Å². The fraction of sp³-hybridized carbons (Fsp3) is 0.100. The van der Waals surface area contributed by atoms with Crippen LogP contribution in [0, 0.1) is 0 Å². The summed E-state index contributed by atoms with van der Waals surface area (Å²) in [7, 11) is -3.56. The molecule has 0 radical (unpaired) electrons. The summed E-state index contributed by atoms with van der Waals surface area (Å²) in [6.45, 7) is 0. The van der Waals surface area contributed by atoms with Crippen LogP contribution in [-0.2, 0) is 10.0 Å². The number of hydrogen-bond donors (Lipinski definition) is 1. The summed E-state index contributed by atoms with van der Waals surface area (Å²) in [5.74, 6) is 0. The number of aromatic nitrogens is 1. The van der Waals surface area contributed by atoms with Crippen LogP contribution in [0.1, 0.15) is 0 Å². The van der Waals surface area contributed by atoms with Gasteiger partial charge < -0.3 is 0 Å². The minimum absolute atomic E-state index is 0.328. The molecule has 0 unspecified atom stereocenters. The average Bonchev–Trinajstić information content (AvgIpc) is 2.28. The van der Waals surface area contributed by atoms with Crippen LogP contribution >= 0.6 is 23.2 Å². The summed E-state index contributed by atoms with van der Waals surface area (Å²) < 4.78 is 25.2. The van der Waals surface area contributed by atoms with Crippen LogP contribution in [0.2, 0.25) is 5.02 Å². The Balaban J connectivity index is 2.60. The minimum atomic E-state index is -3.56. The van der Waals surface area contributed by atoms with Crippen molar-refractivity contribution in [1.82, 2.24) is 4.98 Å². The third-order valence-electron chi connectivity index (χ3n) is 2.08. The molecular weight excluding hydrogens is 283 g/mol. The molecule has 0 bridgehead atoms. The van der Waals surface area contributed by atoms with E-state index in [4.69, 9.17) is 23.2 Å². The maximum Gasteiger partial charge on any atom is 0.246 e. The lowest BCUT2D eigenvalue weighted by Crippen LogP contribution is -2.13. The third-order valence-corrected chi connectivity index (χ3v) is 3.98. The maximum atomic E-state index is 11.4. The van der Waals surface area contributed by atoms with E-state index in [0.29, 0.717) is 16.2 Å². The van der Waals surface area contributed by atoms with Gasteiger partial charge in [-0.15, -0.1) is 11.6 Å². The summed E-state index contributed by atoms with van der Waals surface area (Å²) in [6.07, 6.45) is 1.58. The second-order valence-corrected chi connectivity index (χ2v) is 6.10. The predicted molar refractivity (Wildman–Crippen MR) is 70.0 cm³/mol. The fourth-order valence-corrected chi connectivity index (χ4v) is 2.36. The highest BCUT2D eigenvalue weighted by atomic mass is 35.5. The minimum Gasteiger partial charge on any atom is -0.280 e. The second kappa shape index (κ2) is 4.68. The van der Waals surface area contributed by atoms with Crippen molar-refractivity contribution in [1.29, 1.82) is 0 Å². The topological polar surface area (TPSA) is 59.1 Å². The SMILES string of the molecule is O=S(=O)(CCl)Nc1cc(Cl)cc2cccnc12. The Hall–Kier alpha value is -1.04. The molecule has 0 aliphatic carbocycles. The number of halogens is 2. The largest absolute Gasteiger partial charge is 0.280 e. The van der Waals surface area contributed by atoms with Crippen molar-refractivity contribution in [3.05, 3.63) is 35.5 Å². The van der Waals surface area contributed by atoms with E-state index in [1.165, 1.54) is 6.07 Å². The van der Waals surface area contributed by atoms with E-state index in [-0.39, 0.29) is 0 Å². The molecule has 0 saturated carbocycles. The summed E-state index contributed by atoms with van der Waals surface area (Å²) in [5.41, 5.74) is 0.861. The van der Waals surface area contributed by atoms with Gasteiger partial charge in [-0.2, -0.15) is 0 Å². The molecule has 2 aromatic rings. The van der Waals surface area contributed by atoms with E-state index >= 15 is 0 Å². The van der Waals surface area contributed by atoms with E-state index in [9.17, 15) is 8.42 Å². The number of pyridine rings is 1. The lowest BCUT2D eigenvalue weighted by molar-refractivity contribution is 0.605. The van der Waals surface area contributed by atoms with Crippen molar-refractivity contribution in [3.8, 4) is 0 Å². The quantitative estimate of drug-likeness (QED) is 0.885. The van der Waals surface area contributed by atoms with Gasteiger partial charge in [-0.3, -0.25) is 9.71 Å². The average molecular weight is 291 g/mol. The van der Waals surface area contributed by atoms with Crippen molar-refractivity contribution in [2.24, 2.45) is 0 Å². The monoisotopic (exact) mass is 290 g/mol. The Labute approximate surface area is 109 Å². The van der Waals surface area contributed by atoms with E-state index in [0.717, 1.165) is 5.39 Å². The number of nitrogens with zero attached hydrogens (tertiary/aromatic N) is 1. The smallest absolute Gasteiger partial charge is 0.246 e. The van der Waals surface area contributed by atoms with Gasteiger partial charge in [-0.1, -0.05) is 17.7 Å². The van der Waals surface area contributed by atoms with Crippen LogP contribution in [0.15, 0.2) is 30.5 Å². The molecule has 1 N–H and O–H groups in total. The van der Waals surface area contributed by atoms with Gasteiger partial charge in [-0.25, -0.2) is 8.42 Å². The molecule has 0 fully saturated rings. The molecule has 90 valence electrons. The standard InChI is InChI=1S/C10H8Cl2N2O2S/c11-6-17(15,16)14-9-5-8(12)4-7-2-1-3-13-10(7)9/h1-5,14H,6H2. The molecule has 2 rings (SSSR count). The van der Waals surface area contributed by atoms with Crippen LogP contribution in [0.3, 0.4) is 0 Å². The van der Waals surface area contributed by atoms with Crippen molar-refractivity contribution < 1.29 is 8.42 Å². The van der Waals surface area contributed by atoms with Gasteiger partial charge in [0.15, 0.2) is 0 Å². The second-order valence-electron chi connectivity index (χ2n) is 3.35. The molecule has 17 heavy (non-hydrogen) atoms. The van der Waals surface area contributed by atoms with Crippen LogP contribution in [-0.4, -0.2) is 18.6 Å². The molecular formula is C10H8Cl2N2O2S. The van der Waals surface area contributed by atoms with Crippen LogP contribution in [0.4, 0.5) is 5.69 Å². The number of alkyl halides is 1. The van der Waals surface area contributed by atoms with Gasteiger partial charge in [0.1, 0.15) is 5.21 Å². The van der Waals surface area contributed by atoms with Crippen LogP contribution < -0.4 is 4.72 Å². The molecule has 4 nitrogen and oxygen atoms in total. The molecule has 1 aromatic carbocycles. The van der Waals surface area contributed by atoms with E-state index < -0.39 is 15.2 Å². The third kappa shape index (κ3) is 2.80. The van der Waals surface area contributed by atoms with Gasteiger partial charge in [0.05, 0.1) is 11.2 Å². The number of hydrogen-bond acceptors (Lipinski definition) is 3. The normalized spacial score (nSPS) is 11.6. The molecule has 0 amide bonds. The van der Waals surface area contributed by atoms with E-state index in [1.54, 1.807) is 24.4 Å². The highest BCUT2D eigenvalue weighted by Gasteiger charge is 2.12. The molecule has 7 heteroatoms. The first-order chi connectivity index (χ1) is 8.02. The lowest BCUT2D eigenvalue weighted by Gasteiger charge is -2.08. The summed E-state index contributed by atoms with van der Waals surface area (Å²) in [4.78, 5) is 4.11. The number of anilines is 1. The van der Waals surface area contributed by atoms with Crippen molar-refractivity contribution in [2.45, 2.75) is 0 Å². The Bertz CT molecular complexity index is 658. The summed E-state index contributed by atoms with van der Waals surface area (Å²) in [5, 5.41) is 0.665.